The van der Waals surface area contributed by atoms with Crippen molar-refractivity contribution in [3.8, 4) is 0 Å². The number of likely N-dealkylation sites (tertiary alicyclic amines) is 1. The zero-order valence-electron chi connectivity index (χ0n) is 15.1. The highest BCUT2D eigenvalue weighted by atomic mass is 16.2. The lowest BCUT2D eigenvalue weighted by atomic mass is 9.76. The number of pyridine rings is 1. The van der Waals surface area contributed by atoms with Crippen molar-refractivity contribution in [1.29, 1.82) is 0 Å². The minimum absolute atomic E-state index is 0.0530. The number of nitrogens with two attached hydrogens (primary N) is 1. The number of carbonyl (C=O) groups is 1. The molecule has 0 bridgehead atoms. The van der Waals surface area contributed by atoms with Crippen molar-refractivity contribution in [3.63, 3.8) is 0 Å². The molecular weight excluding hydrogens is 346 g/mol. The second-order valence-corrected chi connectivity index (χ2v) is 7.42. The fourth-order valence-electron chi connectivity index (χ4n) is 4.36. The standard InChI is InChI=1S/C19H23N5O3/c20-18-21-16-13(17(27)22-18)4-6-19(16)7-11-24(12-8-19)15(26)5-10-23-9-2-1-3-14(23)25/h1-3,9H,4-8,10-12H2,(H3,20,21,22,27). The van der Waals surface area contributed by atoms with Crippen molar-refractivity contribution < 1.29 is 4.79 Å². The fraction of sp³-hybridized carbons (Fsp3) is 0.474. The highest BCUT2D eigenvalue weighted by molar-refractivity contribution is 5.76. The molecule has 2 aromatic rings. The van der Waals surface area contributed by atoms with Crippen LogP contribution in [0.1, 0.15) is 36.9 Å². The number of hydrogen-bond acceptors (Lipinski definition) is 5. The minimum Gasteiger partial charge on any atom is -0.369 e. The molecule has 1 saturated heterocycles. The van der Waals surface area contributed by atoms with Gasteiger partial charge >= 0.3 is 0 Å². The van der Waals surface area contributed by atoms with Gasteiger partial charge < -0.3 is 15.2 Å². The first kappa shape index (κ1) is 17.5. The summed E-state index contributed by atoms with van der Waals surface area (Å²) >= 11 is 0. The normalized spacial score (nSPS) is 17.9. The van der Waals surface area contributed by atoms with E-state index in [0.717, 1.165) is 30.5 Å². The highest BCUT2D eigenvalue weighted by Crippen LogP contribution is 2.44. The van der Waals surface area contributed by atoms with Crippen molar-refractivity contribution in [2.75, 3.05) is 18.8 Å². The Kier molecular flexibility index (Phi) is 4.33. The van der Waals surface area contributed by atoms with Crippen molar-refractivity contribution in [3.05, 3.63) is 56.4 Å². The molecule has 27 heavy (non-hydrogen) atoms. The summed E-state index contributed by atoms with van der Waals surface area (Å²) in [5.41, 5.74) is 6.93. The molecular formula is C19H23N5O3. The molecule has 8 heteroatoms. The molecule has 0 radical (unpaired) electrons. The molecule has 1 spiro atoms. The molecule has 1 aliphatic carbocycles. The van der Waals surface area contributed by atoms with Gasteiger partial charge in [0.1, 0.15) is 0 Å². The number of aromatic nitrogens is 3. The topological polar surface area (TPSA) is 114 Å². The van der Waals surface area contributed by atoms with Crippen LogP contribution in [0.2, 0.25) is 0 Å². The molecule has 1 aliphatic heterocycles. The third kappa shape index (κ3) is 3.15. The van der Waals surface area contributed by atoms with Gasteiger partial charge in [-0.05, 0) is 31.7 Å². The van der Waals surface area contributed by atoms with E-state index in [4.69, 9.17) is 5.73 Å². The molecule has 3 heterocycles. The van der Waals surface area contributed by atoms with Crippen LogP contribution >= 0.6 is 0 Å². The largest absolute Gasteiger partial charge is 0.369 e. The summed E-state index contributed by atoms with van der Waals surface area (Å²) in [4.78, 5) is 45.3. The average Bonchev–Trinajstić information content (AvgIpc) is 3.00. The lowest BCUT2D eigenvalue weighted by molar-refractivity contribution is -0.133. The molecule has 142 valence electrons. The van der Waals surface area contributed by atoms with Gasteiger partial charge in [0.15, 0.2) is 0 Å². The first-order valence-electron chi connectivity index (χ1n) is 9.31. The van der Waals surface area contributed by atoms with Gasteiger partial charge in [-0.25, -0.2) is 4.98 Å². The third-order valence-electron chi connectivity index (χ3n) is 5.93. The van der Waals surface area contributed by atoms with E-state index < -0.39 is 0 Å². The number of nitrogens with zero attached hydrogens (tertiary/aromatic N) is 3. The maximum Gasteiger partial charge on any atom is 0.255 e. The van der Waals surface area contributed by atoms with Crippen molar-refractivity contribution in [1.82, 2.24) is 19.4 Å². The molecule has 1 fully saturated rings. The van der Waals surface area contributed by atoms with Crippen LogP contribution in [-0.4, -0.2) is 38.4 Å². The van der Waals surface area contributed by atoms with E-state index in [1.165, 1.54) is 6.07 Å². The van der Waals surface area contributed by atoms with E-state index in [1.54, 1.807) is 22.9 Å². The quantitative estimate of drug-likeness (QED) is 0.813. The summed E-state index contributed by atoms with van der Waals surface area (Å²) in [5, 5.41) is 0. The maximum absolute atomic E-state index is 12.6. The molecule has 2 aliphatic rings. The minimum atomic E-state index is -0.148. The Balaban J connectivity index is 1.42. The van der Waals surface area contributed by atoms with Gasteiger partial charge in [-0.3, -0.25) is 19.4 Å². The molecule has 0 unspecified atom stereocenters. The summed E-state index contributed by atoms with van der Waals surface area (Å²) < 4.78 is 1.55. The molecule has 2 aromatic heterocycles. The van der Waals surface area contributed by atoms with Crippen molar-refractivity contribution in [2.45, 2.75) is 44.1 Å². The molecule has 8 nitrogen and oxygen atoms in total. The van der Waals surface area contributed by atoms with E-state index in [-0.39, 0.29) is 28.4 Å². The predicted octanol–water partition coefficient (Wildman–Crippen LogP) is 0.410. The number of aryl methyl sites for hydroxylation is 1. The van der Waals surface area contributed by atoms with Gasteiger partial charge in [-0.1, -0.05) is 6.07 Å². The monoisotopic (exact) mass is 369 g/mol. The number of nitrogen functional groups attached to an aromatic ring is 1. The summed E-state index contributed by atoms with van der Waals surface area (Å²) in [5.74, 6) is 0.212. The van der Waals surface area contributed by atoms with Gasteiger partial charge in [-0.15, -0.1) is 0 Å². The smallest absolute Gasteiger partial charge is 0.255 e. The van der Waals surface area contributed by atoms with Crippen molar-refractivity contribution in [2.24, 2.45) is 0 Å². The molecule has 0 atom stereocenters. The van der Waals surface area contributed by atoms with Gasteiger partial charge in [-0.2, -0.15) is 0 Å². The Labute approximate surface area is 156 Å². The number of rotatable bonds is 3. The lowest BCUT2D eigenvalue weighted by Crippen LogP contribution is -2.45. The Morgan fingerprint density at radius 1 is 1.22 bits per heavy atom. The zero-order valence-corrected chi connectivity index (χ0v) is 15.1. The van der Waals surface area contributed by atoms with Crippen LogP contribution in [0.4, 0.5) is 5.95 Å². The molecule has 0 saturated carbocycles. The highest BCUT2D eigenvalue weighted by Gasteiger charge is 2.44. The van der Waals surface area contributed by atoms with E-state index >= 15 is 0 Å². The number of hydrogen-bond donors (Lipinski definition) is 2. The third-order valence-corrected chi connectivity index (χ3v) is 5.93. The van der Waals surface area contributed by atoms with E-state index in [1.807, 2.05) is 4.90 Å². The summed E-state index contributed by atoms with van der Waals surface area (Å²) in [7, 11) is 0. The number of H-pyrrole nitrogens is 1. The first-order chi connectivity index (χ1) is 13.0. The molecule has 4 rings (SSSR count). The number of aromatic amines is 1. The number of fused-ring (bicyclic) bond motifs is 2. The Bertz CT molecular complexity index is 985. The van der Waals surface area contributed by atoms with Crippen LogP contribution < -0.4 is 16.9 Å². The van der Waals surface area contributed by atoms with Crippen LogP contribution in [0.5, 0.6) is 0 Å². The van der Waals surface area contributed by atoms with Crippen LogP contribution in [0.3, 0.4) is 0 Å². The Morgan fingerprint density at radius 2 is 2.00 bits per heavy atom. The number of nitrogens with one attached hydrogen (secondary N) is 1. The summed E-state index contributed by atoms with van der Waals surface area (Å²) in [6, 6.07) is 4.97. The van der Waals surface area contributed by atoms with Gasteiger partial charge in [0.2, 0.25) is 11.9 Å². The second kappa shape index (κ2) is 6.68. The maximum atomic E-state index is 12.6. The van der Waals surface area contributed by atoms with E-state index in [2.05, 4.69) is 9.97 Å². The predicted molar refractivity (Wildman–Crippen MR) is 100 cm³/mol. The lowest BCUT2D eigenvalue weighted by Gasteiger charge is -2.39. The molecule has 0 aromatic carbocycles. The number of piperidine rings is 1. The van der Waals surface area contributed by atoms with Crippen LogP contribution in [0.25, 0.3) is 0 Å². The summed E-state index contributed by atoms with van der Waals surface area (Å²) in [6.07, 6.45) is 5.16. The number of carbonyl (C=O) groups excluding carboxylic acids is 1. The molecule has 3 N–H and O–H groups in total. The van der Waals surface area contributed by atoms with Crippen LogP contribution in [0.15, 0.2) is 34.0 Å². The van der Waals surface area contributed by atoms with Crippen LogP contribution in [0, 0.1) is 0 Å². The summed E-state index contributed by atoms with van der Waals surface area (Å²) in [6.45, 7) is 1.66. The first-order valence-corrected chi connectivity index (χ1v) is 9.31. The second-order valence-electron chi connectivity index (χ2n) is 7.42. The van der Waals surface area contributed by atoms with E-state index in [0.29, 0.717) is 32.5 Å². The van der Waals surface area contributed by atoms with Gasteiger partial charge in [0.05, 0.1) is 5.69 Å². The van der Waals surface area contributed by atoms with Gasteiger partial charge in [0.25, 0.3) is 11.1 Å². The SMILES string of the molecule is Nc1nc2c(c(=O)[nH]1)CCC21CCN(C(=O)CCn2ccccc2=O)CC1. The van der Waals surface area contributed by atoms with Crippen LogP contribution in [-0.2, 0) is 23.2 Å². The van der Waals surface area contributed by atoms with Gasteiger partial charge in [0, 0.05) is 49.3 Å². The Morgan fingerprint density at radius 3 is 2.74 bits per heavy atom. The Hall–Kier alpha value is -2.90. The molecule has 1 amide bonds. The average molecular weight is 369 g/mol. The van der Waals surface area contributed by atoms with Crippen molar-refractivity contribution >= 4 is 11.9 Å². The number of anilines is 1. The zero-order chi connectivity index (χ0) is 19.0. The fourth-order valence-corrected chi connectivity index (χ4v) is 4.36. The van der Waals surface area contributed by atoms with E-state index in [9.17, 15) is 14.4 Å². The number of amides is 1.